The van der Waals surface area contributed by atoms with Crippen molar-refractivity contribution in [2.24, 2.45) is 0 Å². The minimum Gasteiger partial charge on any atom is -0.342 e. The quantitative estimate of drug-likeness (QED) is 0.391. The number of hydrogen-bond donors (Lipinski definition) is 2. The molecule has 0 atom stereocenters. The summed E-state index contributed by atoms with van der Waals surface area (Å²) in [5.74, 6) is -0.312. The maximum Gasteiger partial charge on any atom is 0.357 e. The molecule has 2 aromatic carbocycles. The molecule has 0 unspecified atom stereocenters. The van der Waals surface area contributed by atoms with Crippen LogP contribution in [0.3, 0.4) is 0 Å². The zero-order valence-corrected chi connectivity index (χ0v) is 15.5. The highest BCUT2D eigenvalue weighted by Crippen LogP contribution is 2.25. The highest BCUT2D eigenvalue weighted by Gasteiger charge is 2.19. The Morgan fingerprint density at radius 1 is 1.03 bits per heavy atom. The molecule has 0 amide bonds. The second-order valence-electron chi connectivity index (χ2n) is 6.62. The standard InChI is InChI=1S/C21H15FN4O4/c22-15-8-5-13(6-9-15)11-25-12-14(16-3-1-2-4-18(16)25)7-10-17-19(26(29)30)20(27)24-21(28)23-17/h1-10,12H,11H2,(H2,23,24,27,28)/b10-7+. The van der Waals surface area contributed by atoms with Crippen LogP contribution >= 0.6 is 0 Å². The minimum absolute atomic E-state index is 0.191. The Morgan fingerprint density at radius 2 is 1.77 bits per heavy atom. The Labute approximate surface area is 168 Å². The van der Waals surface area contributed by atoms with Crippen molar-refractivity contribution in [1.29, 1.82) is 0 Å². The molecular formula is C21H15FN4O4. The van der Waals surface area contributed by atoms with Crippen LogP contribution in [0.2, 0.25) is 0 Å². The van der Waals surface area contributed by atoms with Gasteiger partial charge in [-0.2, -0.15) is 0 Å². The molecule has 150 valence electrons. The summed E-state index contributed by atoms with van der Waals surface area (Å²) < 4.78 is 15.1. The SMILES string of the molecule is O=c1[nH]c(/C=C/c2cn(Cc3ccc(F)cc3)c3ccccc23)c([N+](=O)[O-])c(=O)[nH]1. The molecule has 0 aliphatic heterocycles. The molecule has 0 saturated heterocycles. The van der Waals surface area contributed by atoms with Crippen molar-refractivity contribution in [2.45, 2.75) is 6.54 Å². The number of nitrogens with zero attached hydrogens (tertiary/aromatic N) is 2. The fraction of sp³-hybridized carbons (Fsp3) is 0.0476. The summed E-state index contributed by atoms with van der Waals surface area (Å²) in [5, 5.41) is 12.1. The first kappa shape index (κ1) is 19.1. The summed E-state index contributed by atoms with van der Waals surface area (Å²) in [6, 6.07) is 13.7. The first-order valence-electron chi connectivity index (χ1n) is 8.94. The third-order valence-corrected chi connectivity index (χ3v) is 4.64. The van der Waals surface area contributed by atoms with E-state index in [4.69, 9.17) is 0 Å². The van der Waals surface area contributed by atoms with E-state index in [1.165, 1.54) is 18.2 Å². The van der Waals surface area contributed by atoms with Gasteiger partial charge in [-0.3, -0.25) is 19.9 Å². The fourth-order valence-electron chi connectivity index (χ4n) is 3.30. The van der Waals surface area contributed by atoms with E-state index in [1.807, 2.05) is 40.0 Å². The van der Waals surface area contributed by atoms with E-state index in [9.17, 15) is 24.1 Å². The normalized spacial score (nSPS) is 11.4. The van der Waals surface area contributed by atoms with Crippen molar-refractivity contribution >= 4 is 28.7 Å². The second-order valence-corrected chi connectivity index (χ2v) is 6.62. The van der Waals surface area contributed by atoms with Crippen molar-refractivity contribution in [3.8, 4) is 0 Å². The lowest BCUT2D eigenvalue weighted by atomic mass is 10.1. The summed E-state index contributed by atoms with van der Waals surface area (Å²) in [6.45, 7) is 0.497. The van der Waals surface area contributed by atoms with Crippen molar-refractivity contribution < 1.29 is 9.31 Å². The second kappa shape index (κ2) is 7.63. The molecule has 2 heterocycles. The van der Waals surface area contributed by atoms with Crippen LogP contribution in [0.1, 0.15) is 16.8 Å². The molecular weight excluding hydrogens is 391 g/mol. The van der Waals surface area contributed by atoms with Crippen LogP contribution in [0.25, 0.3) is 23.1 Å². The summed E-state index contributed by atoms with van der Waals surface area (Å²) >= 11 is 0. The average Bonchev–Trinajstić information content (AvgIpc) is 3.05. The van der Waals surface area contributed by atoms with Crippen molar-refractivity contribution in [2.75, 3.05) is 0 Å². The average molecular weight is 406 g/mol. The number of nitrogens with one attached hydrogen (secondary N) is 2. The number of aromatic amines is 2. The fourth-order valence-corrected chi connectivity index (χ4v) is 3.30. The molecule has 0 aliphatic rings. The lowest BCUT2D eigenvalue weighted by Gasteiger charge is -2.05. The maximum atomic E-state index is 13.2. The van der Waals surface area contributed by atoms with Crippen LogP contribution in [-0.2, 0) is 6.54 Å². The number of halogens is 1. The number of H-pyrrole nitrogens is 2. The van der Waals surface area contributed by atoms with E-state index in [-0.39, 0.29) is 11.5 Å². The van der Waals surface area contributed by atoms with Crippen LogP contribution in [0.15, 0.2) is 64.3 Å². The summed E-state index contributed by atoms with van der Waals surface area (Å²) in [6.07, 6.45) is 4.78. The Morgan fingerprint density at radius 3 is 2.50 bits per heavy atom. The lowest BCUT2D eigenvalue weighted by molar-refractivity contribution is -0.386. The van der Waals surface area contributed by atoms with Gasteiger partial charge in [-0.15, -0.1) is 0 Å². The largest absolute Gasteiger partial charge is 0.357 e. The molecule has 4 rings (SSSR count). The van der Waals surface area contributed by atoms with Gasteiger partial charge in [0.25, 0.3) is 0 Å². The number of aromatic nitrogens is 3. The number of para-hydroxylation sites is 1. The highest BCUT2D eigenvalue weighted by atomic mass is 19.1. The molecule has 0 fully saturated rings. The molecule has 4 aromatic rings. The van der Waals surface area contributed by atoms with Gasteiger partial charge in [0.05, 0.1) is 4.92 Å². The number of fused-ring (bicyclic) bond motifs is 1. The highest BCUT2D eigenvalue weighted by molar-refractivity contribution is 5.92. The van der Waals surface area contributed by atoms with Gasteiger partial charge in [0.2, 0.25) is 0 Å². The van der Waals surface area contributed by atoms with Gasteiger partial charge in [0.1, 0.15) is 11.5 Å². The number of benzene rings is 2. The molecule has 30 heavy (non-hydrogen) atoms. The molecule has 0 saturated carbocycles. The summed E-state index contributed by atoms with van der Waals surface area (Å²) in [7, 11) is 0. The van der Waals surface area contributed by atoms with E-state index in [0.717, 1.165) is 22.0 Å². The first-order chi connectivity index (χ1) is 14.4. The van der Waals surface area contributed by atoms with Crippen LogP contribution in [0.5, 0.6) is 0 Å². The van der Waals surface area contributed by atoms with E-state index in [1.54, 1.807) is 18.2 Å². The smallest absolute Gasteiger partial charge is 0.342 e. The van der Waals surface area contributed by atoms with E-state index in [2.05, 4.69) is 4.98 Å². The molecule has 0 aliphatic carbocycles. The molecule has 0 radical (unpaired) electrons. The van der Waals surface area contributed by atoms with Crippen LogP contribution in [0.4, 0.5) is 10.1 Å². The molecule has 8 nitrogen and oxygen atoms in total. The van der Waals surface area contributed by atoms with E-state index in [0.29, 0.717) is 6.54 Å². The monoisotopic (exact) mass is 406 g/mol. The maximum absolute atomic E-state index is 13.2. The Hall–Kier alpha value is -4.27. The Balaban J connectivity index is 1.78. The van der Waals surface area contributed by atoms with Gasteiger partial charge in [0, 0.05) is 29.2 Å². The van der Waals surface area contributed by atoms with Gasteiger partial charge >= 0.3 is 16.9 Å². The zero-order chi connectivity index (χ0) is 21.3. The number of nitro groups is 1. The van der Waals surface area contributed by atoms with Gasteiger partial charge in [-0.05, 0) is 29.8 Å². The number of rotatable bonds is 5. The topological polar surface area (TPSA) is 114 Å². The van der Waals surface area contributed by atoms with E-state index >= 15 is 0 Å². The van der Waals surface area contributed by atoms with Gasteiger partial charge in [-0.1, -0.05) is 36.4 Å². The molecule has 0 bridgehead atoms. The van der Waals surface area contributed by atoms with Crippen LogP contribution < -0.4 is 11.2 Å². The predicted octanol–water partition coefficient (Wildman–Crippen LogP) is 3.28. The Kier molecular flexibility index (Phi) is 4.85. The van der Waals surface area contributed by atoms with Gasteiger partial charge in [0.15, 0.2) is 0 Å². The summed E-state index contributed by atoms with van der Waals surface area (Å²) in [4.78, 5) is 37.8. The van der Waals surface area contributed by atoms with Crippen molar-refractivity contribution in [3.63, 3.8) is 0 Å². The van der Waals surface area contributed by atoms with Crippen LogP contribution in [0, 0.1) is 15.9 Å². The van der Waals surface area contributed by atoms with Gasteiger partial charge in [-0.25, -0.2) is 9.18 Å². The van der Waals surface area contributed by atoms with Crippen LogP contribution in [-0.4, -0.2) is 19.5 Å². The lowest BCUT2D eigenvalue weighted by Crippen LogP contribution is -2.25. The summed E-state index contributed by atoms with van der Waals surface area (Å²) in [5.41, 5.74) is -0.267. The third-order valence-electron chi connectivity index (χ3n) is 4.64. The first-order valence-corrected chi connectivity index (χ1v) is 8.94. The number of hydrogen-bond acceptors (Lipinski definition) is 4. The molecule has 2 N–H and O–H groups in total. The van der Waals surface area contributed by atoms with Crippen molar-refractivity contribution in [3.05, 3.63) is 108 Å². The molecule has 9 heteroatoms. The predicted molar refractivity (Wildman–Crippen MR) is 111 cm³/mol. The van der Waals surface area contributed by atoms with Gasteiger partial charge < -0.3 is 9.55 Å². The third kappa shape index (κ3) is 3.68. The minimum atomic E-state index is -1.07. The Bertz CT molecular complexity index is 1400. The molecule has 0 spiro atoms. The zero-order valence-electron chi connectivity index (χ0n) is 15.5. The van der Waals surface area contributed by atoms with Crippen molar-refractivity contribution in [1.82, 2.24) is 14.5 Å². The molecule has 2 aromatic heterocycles. The van der Waals surface area contributed by atoms with E-state index < -0.39 is 21.9 Å².